The number of amides is 1. The SMILES string of the molecule is CCC(OP(O)O)c1cc(C)c(-c2cc3cnc(NC(=O)C4CC4F)cc3n3ncnc23)cn1. The number of hydrogen-bond acceptors (Lipinski definition) is 8. The van der Waals surface area contributed by atoms with Crippen LogP contribution in [0.1, 0.15) is 37.1 Å². The number of rotatable bonds is 7. The summed E-state index contributed by atoms with van der Waals surface area (Å²) in [5, 5.41) is 7.78. The summed E-state index contributed by atoms with van der Waals surface area (Å²) in [6, 6.07) is 5.47. The molecule has 0 aliphatic heterocycles. The number of hydrogen-bond donors (Lipinski definition) is 3. The van der Waals surface area contributed by atoms with E-state index >= 15 is 0 Å². The molecule has 176 valence electrons. The van der Waals surface area contributed by atoms with Crippen LogP contribution in [0.5, 0.6) is 0 Å². The van der Waals surface area contributed by atoms with Gasteiger partial charge in [0.2, 0.25) is 5.91 Å². The number of nitrogens with zero attached hydrogens (tertiary/aromatic N) is 5. The summed E-state index contributed by atoms with van der Waals surface area (Å²) in [5.74, 6) is -0.664. The van der Waals surface area contributed by atoms with Crippen molar-refractivity contribution < 1.29 is 23.5 Å². The van der Waals surface area contributed by atoms with Crippen LogP contribution in [-0.4, -0.2) is 46.4 Å². The van der Waals surface area contributed by atoms with Crippen molar-refractivity contribution in [1.29, 1.82) is 0 Å². The van der Waals surface area contributed by atoms with Crippen molar-refractivity contribution in [2.75, 3.05) is 5.32 Å². The number of aryl methyl sites for hydroxylation is 1. The average Bonchev–Trinajstić information content (AvgIpc) is 3.34. The predicted octanol–water partition coefficient (Wildman–Crippen LogP) is 3.62. The minimum atomic E-state index is -2.49. The predicted molar refractivity (Wildman–Crippen MR) is 123 cm³/mol. The van der Waals surface area contributed by atoms with Gasteiger partial charge in [-0.3, -0.25) is 9.78 Å². The number of carbonyl (C=O) groups excluding carboxylic acids is 1. The van der Waals surface area contributed by atoms with Gasteiger partial charge < -0.3 is 19.6 Å². The second-order valence-corrected chi connectivity index (χ2v) is 8.92. The highest BCUT2D eigenvalue weighted by Gasteiger charge is 2.43. The van der Waals surface area contributed by atoms with E-state index in [-0.39, 0.29) is 12.3 Å². The quantitative estimate of drug-likeness (QED) is 0.339. The number of halogens is 1. The number of pyridine rings is 3. The molecule has 4 heterocycles. The molecule has 5 rings (SSSR count). The third-order valence-corrected chi connectivity index (χ3v) is 6.32. The minimum Gasteiger partial charge on any atom is -0.328 e. The Bertz CT molecular complexity index is 1400. The molecular formula is C22H22FN6O4P. The molecule has 0 aromatic carbocycles. The Morgan fingerprint density at radius 3 is 2.74 bits per heavy atom. The number of carbonyl (C=O) groups is 1. The minimum absolute atomic E-state index is 0.245. The summed E-state index contributed by atoms with van der Waals surface area (Å²) < 4.78 is 20.0. The van der Waals surface area contributed by atoms with Gasteiger partial charge in [0.05, 0.1) is 17.1 Å². The van der Waals surface area contributed by atoms with Gasteiger partial charge in [-0.15, -0.1) is 0 Å². The normalized spacial score (nSPS) is 18.5. The maximum Gasteiger partial charge on any atom is 0.327 e. The molecule has 0 bridgehead atoms. The summed E-state index contributed by atoms with van der Waals surface area (Å²) in [5.41, 5.74) is 4.41. The summed E-state index contributed by atoms with van der Waals surface area (Å²) in [4.78, 5) is 43.8. The third kappa shape index (κ3) is 4.23. The second-order valence-electron chi connectivity index (χ2n) is 8.21. The highest BCUT2D eigenvalue weighted by Crippen LogP contribution is 2.38. The molecule has 1 aliphatic rings. The fourth-order valence-electron chi connectivity index (χ4n) is 3.98. The van der Waals surface area contributed by atoms with Gasteiger partial charge in [-0.2, -0.15) is 5.10 Å². The topological polar surface area (TPSA) is 135 Å². The Balaban J connectivity index is 1.53. The van der Waals surface area contributed by atoms with Crippen molar-refractivity contribution in [2.45, 2.75) is 39.0 Å². The molecule has 0 radical (unpaired) electrons. The molecule has 12 heteroatoms. The van der Waals surface area contributed by atoms with Crippen LogP contribution < -0.4 is 5.32 Å². The molecule has 34 heavy (non-hydrogen) atoms. The largest absolute Gasteiger partial charge is 0.328 e. The molecule has 4 aromatic rings. The number of nitrogens with one attached hydrogen (secondary N) is 1. The molecule has 3 atom stereocenters. The smallest absolute Gasteiger partial charge is 0.327 e. The molecule has 1 saturated carbocycles. The number of anilines is 1. The first-order valence-electron chi connectivity index (χ1n) is 10.7. The zero-order chi connectivity index (χ0) is 24.0. The zero-order valence-corrected chi connectivity index (χ0v) is 19.3. The van der Waals surface area contributed by atoms with Gasteiger partial charge in [0.15, 0.2) is 5.65 Å². The first kappa shape index (κ1) is 22.7. The monoisotopic (exact) mass is 484 g/mol. The summed E-state index contributed by atoms with van der Waals surface area (Å²) in [6.45, 7) is 3.81. The molecule has 3 N–H and O–H groups in total. The van der Waals surface area contributed by atoms with Crippen molar-refractivity contribution in [3.63, 3.8) is 0 Å². The van der Waals surface area contributed by atoms with Crippen molar-refractivity contribution in [3.05, 3.63) is 48.2 Å². The molecular weight excluding hydrogens is 462 g/mol. The van der Waals surface area contributed by atoms with E-state index in [9.17, 15) is 19.0 Å². The Hall–Kier alpha value is -3.11. The highest BCUT2D eigenvalue weighted by atomic mass is 31.2. The zero-order valence-electron chi connectivity index (χ0n) is 18.4. The van der Waals surface area contributed by atoms with E-state index in [2.05, 4.69) is 25.4 Å². The molecule has 4 aromatic heterocycles. The van der Waals surface area contributed by atoms with E-state index in [4.69, 9.17) is 4.52 Å². The van der Waals surface area contributed by atoms with Crippen LogP contribution in [0.25, 0.3) is 27.7 Å². The van der Waals surface area contributed by atoms with Crippen LogP contribution in [-0.2, 0) is 9.32 Å². The fraction of sp³-hybridized carbons (Fsp3) is 0.318. The molecule has 0 spiro atoms. The van der Waals surface area contributed by atoms with E-state index in [0.717, 1.165) is 22.1 Å². The van der Waals surface area contributed by atoms with E-state index < -0.39 is 26.8 Å². The summed E-state index contributed by atoms with van der Waals surface area (Å²) >= 11 is 0. The molecule has 1 fully saturated rings. The second kappa shape index (κ2) is 8.92. The Morgan fingerprint density at radius 1 is 1.26 bits per heavy atom. The standard InChI is InChI=1S/C22H22FN6O4P/c1-3-19(33-34(31)32)17-4-11(2)15(9-24-17)13-5-12-8-25-20(28-22(30)14-6-16(14)23)7-18(12)29-21(13)26-10-27-29/h4-5,7-10,14,16,19,31-32H,3,6H2,1-2H3,(H,25,28,30). The Morgan fingerprint density at radius 2 is 2.06 bits per heavy atom. The van der Waals surface area contributed by atoms with Gasteiger partial charge in [-0.1, -0.05) is 6.92 Å². The van der Waals surface area contributed by atoms with Crippen molar-refractivity contribution in [2.24, 2.45) is 5.92 Å². The van der Waals surface area contributed by atoms with Gasteiger partial charge in [-0.05, 0) is 37.5 Å². The van der Waals surface area contributed by atoms with Gasteiger partial charge in [0, 0.05) is 35.0 Å². The van der Waals surface area contributed by atoms with Crippen LogP contribution in [0.4, 0.5) is 10.2 Å². The summed E-state index contributed by atoms with van der Waals surface area (Å²) in [6.07, 6.45) is 3.94. The summed E-state index contributed by atoms with van der Waals surface area (Å²) in [7, 11) is -2.49. The number of alkyl halides is 1. The Labute approximate surface area is 194 Å². The third-order valence-electron chi connectivity index (χ3n) is 5.87. The lowest BCUT2D eigenvalue weighted by atomic mass is 10.0. The van der Waals surface area contributed by atoms with E-state index in [0.29, 0.717) is 29.1 Å². The van der Waals surface area contributed by atoms with Crippen LogP contribution in [0.2, 0.25) is 0 Å². The lowest BCUT2D eigenvalue weighted by Crippen LogP contribution is -2.16. The van der Waals surface area contributed by atoms with E-state index in [1.165, 1.54) is 6.33 Å². The van der Waals surface area contributed by atoms with Crippen LogP contribution in [0.15, 0.2) is 36.9 Å². The lowest BCUT2D eigenvalue weighted by molar-refractivity contribution is -0.117. The van der Waals surface area contributed by atoms with Crippen LogP contribution in [0.3, 0.4) is 0 Å². The number of fused-ring (bicyclic) bond motifs is 3. The molecule has 3 unspecified atom stereocenters. The molecule has 10 nitrogen and oxygen atoms in total. The van der Waals surface area contributed by atoms with Gasteiger partial charge in [0.1, 0.15) is 24.4 Å². The first-order chi connectivity index (χ1) is 16.4. The van der Waals surface area contributed by atoms with Crippen LogP contribution in [0, 0.1) is 12.8 Å². The highest BCUT2D eigenvalue weighted by molar-refractivity contribution is 7.39. The lowest BCUT2D eigenvalue weighted by Gasteiger charge is -2.17. The van der Waals surface area contributed by atoms with E-state index in [1.807, 2.05) is 26.0 Å². The maximum atomic E-state index is 13.2. The Kier molecular flexibility index (Phi) is 5.95. The fourth-order valence-corrected chi connectivity index (χ4v) is 4.46. The molecule has 1 aliphatic carbocycles. The maximum absolute atomic E-state index is 13.2. The van der Waals surface area contributed by atoms with Crippen molar-refractivity contribution >= 4 is 36.9 Å². The first-order valence-corrected chi connectivity index (χ1v) is 11.9. The number of aromatic nitrogens is 5. The van der Waals surface area contributed by atoms with Gasteiger partial charge in [0.25, 0.3) is 0 Å². The van der Waals surface area contributed by atoms with Crippen molar-refractivity contribution in [1.82, 2.24) is 24.6 Å². The van der Waals surface area contributed by atoms with E-state index in [1.54, 1.807) is 23.0 Å². The van der Waals surface area contributed by atoms with Crippen molar-refractivity contribution in [3.8, 4) is 11.1 Å². The molecule has 0 saturated heterocycles. The average molecular weight is 484 g/mol. The molecule has 1 amide bonds. The van der Waals surface area contributed by atoms with Gasteiger partial charge in [-0.25, -0.2) is 18.9 Å². The van der Waals surface area contributed by atoms with Gasteiger partial charge >= 0.3 is 8.60 Å². The van der Waals surface area contributed by atoms with Crippen LogP contribution >= 0.6 is 8.60 Å².